The molecule has 2 aromatic carbocycles. The van der Waals surface area contributed by atoms with Crippen molar-refractivity contribution in [2.45, 2.75) is 0 Å². The van der Waals surface area contributed by atoms with Crippen LogP contribution in [0.1, 0.15) is 26.3 Å². The molecule has 5 nitrogen and oxygen atoms in total. The normalized spacial score (nSPS) is 9.83. The zero-order valence-electron chi connectivity index (χ0n) is 12.6. The Bertz CT molecular complexity index is 792. The van der Waals surface area contributed by atoms with E-state index in [2.05, 4.69) is 5.32 Å². The minimum Gasteiger partial charge on any atom is -0.345 e. The van der Waals surface area contributed by atoms with E-state index in [-0.39, 0.29) is 11.8 Å². The number of hydrogen-bond acceptors (Lipinski definition) is 3. The smallest absolute Gasteiger partial charge is 0.255 e. The topological polar surface area (TPSA) is 73.2 Å². The molecule has 2 aromatic rings. The minimum atomic E-state index is -0.370. The molecule has 6 heteroatoms. The molecule has 0 fully saturated rings. The monoisotopic (exact) mass is 327 g/mol. The van der Waals surface area contributed by atoms with Gasteiger partial charge in [-0.05, 0) is 42.5 Å². The van der Waals surface area contributed by atoms with Crippen LogP contribution in [0, 0.1) is 11.3 Å². The Morgan fingerprint density at radius 1 is 1.09 bits per heavy atom. The van der Waals surface area contributed by atoms with Gasteiger partial charge < -0.3 is 10.2 Å². The van der Waals surface area contributed by atoms with Gasteiger partial charge in [0.15, 0.2) is 0 Å². The lowest BCUT2D eigenvalue weighted by molar-refractivity contribution is 0.0827. The average molecular weight is 328 g/mol. The first-order chi connectivity index (χ1) is 10.9. The standard InChI is InChI=1S/C17H14ClN3O2/c1-21(2)17(23)13-7-8-14(18)15(9-13)20-16(22)12-5-3-11(10-19)4-6-12/h3-9H,1-2H3,(H,20,22). The molecule has 2 amide bonds. The maximum absolute atomic E-state index is 12.2. The summed E-state index contributed by atoms with van der Waals surface area (Å²) >= 11 is 6.08. The highest BCUT2D eigenvalue weighted by molar-refractivity contribution is 6.34. The summed E-state index contributed by atoms with van der Waals surface area (Å²) in [4.78, 5) is 25.6. The van der Waals surface area contributed by atoms with E-state index in [9.17, 15) is 9.59 Å². The van der Waals surface area contributed by atoms with Crippen molar-refractivity contribution in [3.05, 3.63) is 64.2 Å². The summed E-state index contributed by atoms with van der Waals surface area (Å²) in [6.45, 7) is 0. The Kier molecular flexibility index (Phi) is 4.99. The van der Waals surface area contributed by atoms with Gasteiger partial charge in [0.05, 0.1) is 22.3 Å². The van der Waals surface area contributed by atoms with Crippen LogP contribution in [-0.2, 0) is 0 Å². The first kappa shape index (κ1) is 16.5. The Morgan fingerprint density at radius 3 is 2.26 bits per heavy atom. The van der Waals surface area contributed by atoms with E-state index < -0.39 is 0 Å². The molecule has 0 aromatic heterocycles. The van der Waals surface area contributed by atoms with Crippen molar-refractivity contribution in [2.75, 3.05) is 19.4 Å². The van der Waals surface area contributed by atoms with Crippen molar-refractivity contribution in [2.24, 2.45) is 0 Å². The SMILES string of the molecule is CN(C)C(=O)c1ccc(Cl)c(NC(=O)c2ccc(C#N)cc2)c1. The summed E-state index contributed by atoms with van der Waals surface area (Å²) in [7, 11) is 3.29. The molecule has 0 unspecified atom stereocenters. The maximum atomic E-state index is 12.2. The highest BCUT2D eigenvalue weighted by Crippen LogP contribution is 2.24. The first-order valence-electron chi connectivity index (χ1n) is 6.75. The quantitative estimate of drug-likeness (QED) is 0.941. The van der Waals surface area contributed by atoms with Crippen LogP contribution in [0.3, 0.4) is 0 Å². The number of anilines is 1. The van der Waals surface area contributed by atoms with E-state index in [0.29, 0.717) is 27.4 Å². The predicted molar refractivity (Wildman–Crippen MR) is 88.6 cm³/mol. The summed E-state index contributed by atoms with van der Waals surface area (Å²) in [5.41, 5.74) is 1.64. The van der Waals surface area contributed by atoms with Crippen LogP contribution in [0.4, 0.5) is 5.69 Å². The minimum absolute atomic E-state index is 0.185. The van der Waals surface area contributed by atoms with E-state index in [1.54, 1.807) is 50.5 Å². The first-order valence-corrected chi connectivity index (χ1v) is 7.13. The van der Waals surface area contributed by atoms with Crippen LogP contribution in [0.5, 0.6) is 0 Å². The number of carbonyl (C=O) groups is 2. The number of carbonyl (C=O) groups excluding carboxylic acids is 2. The van der Waals surface area contributed by atoms with Gasteiger partial charge in [-0.15, -0.1) is 0 Å². The number of rotatable bonds is 3. The number of amides is 2. The van der Waals surface area contributed by atoms with Crippen LogP contribution >= 0.6 is 11.6 Å². The number of nitrogens with one attached hydrogen (secondary N) is 1. The van der Waals surface area contributed by atoms with E-state index >= 15 is 0 Å². The summed E-state index contributed by atoms with van der Waals surface area (Å²) in [6.07, 6.45) is 0. The molecule has 2 rings (SSSR count). The maximum Gasteiger partial charge on any atom is 0.255 e. The van der Waals surface area contributed by atoms with Crippen LogP contribution in [-0.4, -0.2) is 30.8 Å². The van der Waals surface area contributed by atoms with Crippen LogP contribution in [0.15, 0.2) is 42.5 Å². The van der Waals surface area contributed by atoms with E-state index in [4.69, 9.17) is 16.9 Å². The molecule has 0 radical (unpaired) electrons. The van der Waals surface area contributed by atoms with Gasteiger partial charge in [-0.2, -0.15) is 5.26 Å². The van der Waals surface area contributed by atoms with E-state index in [1.807, 2.05) is 6.07 Å². The van der Waals surface area contributed by atoms with Crippen molar-refractivity contribution in [3.8, 4) is 6.07 Å². The number of hydrogen-bond donors (Lipinski definition) is 1. The molecular weight excluding hydrogens is 314 g/mol. The summed E-state index contributed by atoms with van der Waals surface area (Å²) in [6, 6.07) is 12.9. The lowest BCUT2D eigenvalue weighted by atomic mass is 10.1. The van der Waals surface area contributed by atoms with Crippen LogP contribution < -0.4 is 5.32 Å². The van der Waals surface area contributed by atoms with Crippen molar-refractivity contribution in [1.29, 1.82) is 5.26 Å². The molecular formula is C17H14ClN3O2. The highest BCUT2D eigenvalue weighted by atomic mass is 35.5. The highest BCUT2D eigenvalue weighted by Gasteiger charge is 2.13. The van der Waals surface area contributed by atoms with Gasteiger partial charge in [0.1, 0.15) is 0 Å². The fourth-order valence-electron chi connectivity index (χ4n) is 1.90. The predicted octanol–water partition coefficient (Wildman–Crippen LogP) is 3.17. The molecule has 0 atom stereocenters. The third-order valence-corrected chi connectivity index (χ3v) is 3.47. The molecule has 23 heavy (non-hydrogen) atoms. The number of nitrogens with zero attached hydrogens (tertiary/aromatic N) is 2. The van der Waals surface area contributed by atoms with E-state index in [1.165, 1.54) is 11.0 Å². The number of nitriles is 1. The Morgan fingerprint density at radius 2 is 1.70 bits per heavy atom. The Hall–Kier alpha value is -2.84. The number of halogens is 1. The fraction of sp³-hybridized carbons (Fsp3) is 0.118. The summed E-state index contributed by atoms with van der Waals surface area (Å²) in [5, 5.41) is 11.8. The lowest BCUT2D eigenvalue weighted by Crippen LogP contribution is -2.22. The lowest BCUT2D eigenvalue weighted by Gasteiger charge is -2.13. The van der Waals surface area contributed by atoms with Gasteiger partial charge in [0.2, 0.25) is 0 Å². The second kappa shape index (κ2) is 6.95. The van der Waals surface area contributed by atoms with Gasteiger partial charge in [-0.25, -0.2) is 0 Å². The van der Waals surface area contributed by atoms with Crippen molar-refractivity contribution in [3.63, 3.8) is 0 Å². The second-order valence-corrected chi connectivity index (χ2v) is 5.44. The van der Waals surface area contributed by atoms with Gasteiger partial charge in [0, 0.05) is 25.2 Å². The average Bonchev–Trinajstić information content (AvgIpc) is 2.56. The van der Waals surface area contributed by atoms with Crippen molar-refractivity contribution in [1.82, 2.24) is 4.90 Å². The van der Waals surface area contributed by atoms with Gasteiger partial charge in [-0.1, -0.05) is 11.6 Å². The summed E-state index contributed by atoms with van der Waals surface area (Å²) in [5.74, 6) is -0.554. The number of benzene rings is 2. The molecule has 0 heterocycles. The zero-order chi connectivity index (χ0) is 17.0. The Balaban J connectivity index is 2.24. The molecule has 0 saturated carbocycles. The largest absolute Gasteiger partial charge is 0.345 e. The molecule has 0 aliphatic rings. The Labute approximate surface area is 139 Å². The molecule has 0 bridgehead atoms. The molecule has 1 N–H and O–H groups in total. The third kappa shape index (κ3) is 3.87. The van der Waals surface area contributed by atoms with Crippen molar-refractivity contribution >= 4 is 29.1 Å². The molecule has 0 saturated heterocycles. The molecule has 116 valence electrons. The zero-order valence-corrected chi connectivity index (χ0v) is 13.4. The molecule has 0 aliphatic carbocycles. The van der Waals surface area contributed by atoms with Gasteiger partial charge >= 0.3 is 0 Å². The fourth-order valence-corrected chi connectivity index (χ4v) is 2.07. The van der Waals surface area contributed by atoms with E-state index in [0.717, 1.165) is 0 Å². The van der Waals surface area contributed by atoms with Gasteiger partial charge in [0.25, 0.3) is 11.8 Å². The third-order valence-electron chi connectivity index (χ3n) is 3.14. The van der Waals surface area contributed by atoms with Crippen molar-refractivity contribution < 1.29 is 9.59 Å². The van der Waals surface area contributed by atoms with Crippen LogP contribution in [0.25, 0.3) is 0 Å². The molecule has 0 aliphatic heterocycles. The summed E-state index contributed by atoms with van der Waals surface area (Å²) < 4.78 is 0. The molecule has 0 spiro atoms. The van der Waals surface area contributed by atoms with Crippen LogP contribution in [0.2, 0.25) is 5.02 Å². The van der Waals surface area contributed by atoms with Gasteiger partial charge in [-0.3, -0.25) is 9.59 Å². The second-order valence-electron chi connectivity index (χ2n) is 5.04.